The summed E-state index contributed by atoms with van der Waals surface area (Å²) in [6.07, 6.45) is 0. The zero-order valence-electron chi connectivity index (χ0n) is 9.99. The van der Waals surface area contributed by atoms with Crippen LogP contribution in [0.25, 0.3) is 0 Å². The second-order valence-corrected chi connectivity index (χ2v) is 3.91. The second kappa shape index (κ2) is 5.02. The highest BCUT2D eigenvalue weighted by Gasteiger charge is 2.17. The molecule has 0 aromatic heterocycles. The van der Waals surface area contributed by atoms with Crippen molar-refractivity contribution in [3.63, 3.8) is 0 Å². The number of rotatable bonds is 2. The standard InChI is InChI=1S/C14H9F3N2/c1-19(11-4-2-3-10(15)7-11)12-6-5-9(8-18)13(16)14(12)17/h2-7H,1H3. The second-order valence-electron chi connectivity index (χ2n) is 3.91. The number of benzene rings is 2. The molecule has 0 aliphatic heterocycles. The summed E-state index contributed by atoms with van der Waals surface area (Å²) >= 11 is 0. The van der Waals surface area contributed by atoms with Gasteiger partial charge >= 0.3 is 0 Å². The third-order valence-electron chi connectivity index (χ3n) is 2.74. The minimum atomic E-state index is -1.21. The van der Waals surface area contributed by atoms with Crippen molar-refractivity contribution in [2.75, 3.05) is 11.9 Å². The van der Waals surface area contributed by atoms with E-state index in [4.69, 9.17) is 5.26 Å². The van der Waals surface area contributed by atoms with Crippen molar-refractivity contribution in [2.24, 2.45) is 0 Å². The molecule has 0 spiro atoms. The summed E-state index contributed by atoms with van der Waals surface area (Å²) in [5.74, 6) is -2.81. The summed E-state index contributed by atoms with van der Waals surface area (Å²) in [5, 5.41) is 8.61. The number of halogens is 3. The van der Waals surface area contributed by atoms with E-state index < -0.39 is 17.5 Å². The van der Waals surface area contributed by atoms with Gasteiger partial charge in [0.1, 0.15) is 11.9 Å². The van der Waals surface area contributed by atoms with Crippen molar-refractivity contribution < 1.29 is 13.2 Å². The van der Waals surface area contributed by atoms with Crippen LogP contribution in [0.15, 0.2) is 36.4 Å². The third-order valence-corrected chi connectivity index (χ3v) is 2.74. The first kappa shape index (κ1) is 13.0. The Morgan fingerprint density at radius 1 is 1.05 bits per heavy atom. The summed E-state index contributed by atoms with van der Waals surface area (Å²) < 4.78 is 40.4. The Kier molecular flexibility index (Phi) is 3.43. The number of anilines is 2. The molecule has 0 saturated carbocycles. The van der Waals surface area contributed by atoms with E-state index in [1.807, 2.05) is 0 Å². The van der Waals surface area contributed by atoms with Gasteiger partial charge in [-0.2, -0.15) is 5.26 Å². The number of hydrogen-bond donors (Lipinski definition) is 0. The zero-order chi connectivity index (χ0) is 14.0. The minimum Gasteiger partial charge on any atom is -0.342 e. The molecule has 0 unspecified atom stereocenters. The molecule has 0 fully saturated rings. The topological polar surface area (TPSA) is 27.0 Å². The average Bonchev–Trinajstić information content (AvgIpc) is 2.41. The van der Waals surface area contributed by atoms with Crippen LogP contribution in [0.3, 0.4) is 0 Å². The van der Waals surface area contributed by atoms with Crippen molar-refractivity contribution in [1.82, 2.24) is 0 Å². The van der Waals surface area contributed by atoms with E-state index in [9.17, 15) is 13.2 Å². The molecular formula is C14H9F3N2. The van der Waals surface area contributed by atoms with Crippen molar-refractivity contribution in [3.05, 3.63) is 59.4 Å². The lowest BCUT2D eigenvalue weighted by molar-refractivity contribution is 0.507. The average molecular weight is 262 g/mol. The van der Waals surface area contributed by atoms with Gasteiger partial charge in [0, 0.05) is 12.7 Å². The Bertz CT molecular complexity index is 662. The Morgan fingerprint density at radius 3 is 2.42 bits per heavy atom. The summed E-state index contributed by atoms with van der Waals surface area (Å²) in [6, 6.07) is 9.52. The maximum Gasteiger partial charge on any atom is 0.183 e. The van der Waals surface area contributed by atoms with Crippen molar-refractivity contribution in [3.8, 4) is 6.07 Å². The molecule has 5 heteroatoms. The number of hydrogen-bond acceptors (Lipinski definition) is 2. The zero-order valence-corrected chi connectivity index (χ0v) is 9.99. The van der Waals surface area contributed by atoms with Gasteiger partial charge in [-0.25, -0.2) is 13.2 Å². The first-order valence-electron chi connectivity index (χ1n) is 5.42. The van der Waals surface area contributed by atoms with Gasteiger partial charge in [-0.1, -0.05) is 6.07 Å². The summed E-state index contributed by atoms with van der Waals surface area (Å²) in [5.41, 5.74) is -0.0565. The van der Waals surface area contributed by atoms with E-state index in [1.165, 1.54) is 42.3 Å². The molecule has 2 nitrogen and oxygen atoms in total. The van der Waals surface area contributed by atoms with Gasteiger partial charge in [0.15, 0.2) is 11.6 Å². The molecular weight excluding hydrogens is 253 g/mol. The van der Waals surface area contributed by atoms with E-state index >= 15 is 0 Å². The van der Waals surface area contributed by atoms with Gasteiger partial charge in [0.2, 0.25) is 0 Å². The molecule has 0 heterocycles. The van der Waals surface area contributed by atoms with E-state index in [-0.39, 0.29) is 11.3 Å². The first-order valence-corrected chi connectivity index (χ1v) is 5.42. The Balaban J connectivity index is 2.48. The van der Waals surface area contributed by atoms with E-state index in [2.05, 4.69) is 0 Å². The quantitative estimate of drug-likeness (QED) is 0.824. The van der Waals surface area contributed by atoms with Gasteiger partial charge in [0.05, 0.1) is 11.3 Å². The van der Waals surface area contributed by atoms with E-state index in [1.54, 1.807) is 12.1 Å². The van der Waals surface area contributed by atoms with E-state index in [0.29, 0.717) is 5.69 Å². The lowest BCUT2D eigenvalue weighted by Crippen LogP contribution is -2.12. The van der Waals surface area contributed by atoms with Crippen molar-refractivity contribution >= 4 is 11.4 Å². The predicted molar refractivity (Wildman–Crippen MR) is 65.5 cm³/mol. The highest BCUT2D eigenvalue weighted by Crippen LogP contribution is 2.29. The van der Waals surface area contributed by atoms with E-state index in [0.717, 1.165) is 0 Å². The number of nitrogens with zero attached hydrogens (tertiary/aromatic N) is 2. The molecule has 2 aromatic rings. The maximum absolute atomic E-state index is 13.8. The molecule has 0 N–H and O–H groups in total. The molecule has 0 amide bonds. The van der Waals surface area contributed by atoms with Gasteiger partial charge in [-0.15, -0.1) is 0 Å². The normalized spacial score (nSPS) is 10.1. The van der Waals surface area contributed by atoms with Crippen LogP contribution in [-0.2, 0) is 0 Å². The SMILES string of the molecule is CN(c1cccc(F)c1)c1ccc(C#N)c(F)c1F. The summed E-state index contributed by atoms with van der Waals surface area (Å²) in [6.45, 7) is 0. The van der Waals surface area contributed by atoms with Crippen LogP contribution in [0.2, 0.25) is 0 Å². The van der Waals surface area contributed by atoms with Gasteiger partial charge in [-0.05, 0) is 30.3 Å². The fraction of sp³-hybridized carbons (Fsp3) is 0.0714. The fourth-order valence-electron chi connectivity index (χ4n) is 1.71. The molecule has 0 bridgehead atoms. The van der Waals surface area contributed by atoms with Crippen LogP contribution in [0.4, 0.5) is 24.5 Å². The van der Waals surface area contributed by atoms with Crippen LogP contribution in [-0.4, -0.2) is 7.05 Å². The molecule has 0 atom stereocenters. The Morgan fingerprint density at radius 2 is 1.79 bits per heavy atom. The van der Waals surface area contributed by atoms with Crippen LogP contribution in [0.1, 0.15) is 5.56 Å². The van der Waals surface area contributed by atoms with Gasteiger partial charge in [0.25, 0.3) is 0 Å². The lowest BCUT2D eigenvalue weighted by atomic mass is 10.1. The minimum absolute atomic E-state index is 0.0675. The molecule has 0 aliphatic rings. The molecule has 0 radical (unpaired) electrons. The summed E-state index contributed by atoms with van der Waals surface area (Å²) in [4.78, 5) is 1.31. The molecule has 2 aromatic carbocycles. The van der Waals surface area contributed by atoms with Crippen LogP contribution in [0, 0.1) is 28.8 Å². The smallest absolute Gasteiger partial charge is 0.183 e. The Hall–Kier alpha value is -2.48. The Labute approximate surface area is 108 Å². The maximum atomic E-state index is 13.8. The van der Waals surface area contributed by atoms with Gasteiger partial charge < -0.3 is 4.90 Å². The van der Waals surface area contributed by atoms with Crippen molar-refractivity contribution in [1.29, 1.82) is 5.26 Å². The van der Waals surface area contributed by atoms with Crippen LogP contribution >= 0.6 is 0 Å². The van der Waals surface area contributed by atoms with Crippen LogP contribution < -0.4 is 4.90 Å². The fourth-order valence-corrected chi connectivity index (χ4v) is 1.71. The monoisotopic (exact) mass is 262 g/mol. The lowest BCUT2D eigenvalue weighted by Gasteiger charge is -2.20. The third kappa shape index (κ3) is 2.38. The highest BCUT2D eigenvalue weighted by molar-refractivity contribution is 5.64. The molecule has 96 valence electrons. The summed E-state index contributed by atoms with van der Waals surface area (Å²) in [7, 11) is 1.48. The molecule has 19 heavy (non-hydrogen) atoms. The largest absolute Gasteiger partial charge is 0.342 e. The molecule has 0 aliphatic carbocycles. The van der Waals surface area contributed by atoms with Crippen molar-refractivity contribution in [2.45, 2.75) is 0 Å². The molecule has 2 rings (SSSR count). The molecule has 0 saturated heterocycles. The number of nitriles is 1. The first-order chi connectivity index (χ1) is 9.04. The van der Waals surface area contributed by atoms with Gasteiger partial charge in [-0.3, -0.25) is 0 Å². The highest BCUT2D eigenvalue weighted by atomic mass is 19.2. The van der Waals surface area contributed by atoms with Crippen LogP contribution in [0.5, 0.6) is 0 Å². The predicted octanol–water partition coefficient (Wildman–Crippen LogP) is 3.74.